The van der Waals surface area contributed by atoms with Gasteiger partial charge in [0.1, 0.15) is 16.1 Å². The molecule has 2 rings (SSSR count). The van der Waals surface area contributed by atoms with Crippen molar-refractivity contribution in [3.8, 4) is 0 Å². The average molecular weight is 340 g/mol. The van der Waals surface area contributed by atoms with Crippen LogP contribution in [0.25, 0.3) is 0 Å². The van der Waals surface area contributed by atoms with Crippen LogP contribution in [0.15, 0.2) is 17.2 Å². The van der Waals surface area contributed by atoms with Gasteiger partial charge in [0.05, 0.1) is 11.1 Å². The lowest BCUT2D eigenvalue weighted by molar-refractivity contribution is -0.121. The van der Waals surface area contributed by atoms with E-state index in [1.807, 2.05) is 0 Å². The summed E-state index contributed by atoms with van der Waals surface area (Å²) < 4.78 is 25.7. The van der Waals surface area contributed by atoms with E-state index in [4.69, 9.17) is 28.9 Å². The average Bonchev–Trinajstić information content (AvgIpc) is 2.75. The Hall–Kier alpha value is -0.930. The first kappa shape index (κ1) is 15.5. The third kappa shape index (κ3) is 2.75. The Morgan fingerprint density at radius 1 is 1.50 bits per heavy atom. The van der Waals surface area contributed by atoms with Crippen LogP contribution in [0.3, 0.4) is 0 Å². The van der Waals surface area contributed by atoms with Crippen molar-refractivity contribution in [3.05, 3.63) is 22.4 Å². The standard InChI is InChI=1S/C10H11Cl2N3O4S/c11-7-2-6(3-14-9(7)12)20(18,19)15-4-5(16)1-8(15)10(13)17/h2-3,5,8,16H,1,4H2,(H2,13,17). The summed E-state index contributed by atoms with van der Waals surface area (Å²) in [6, 6.07) is 0.0408. The molecule has 0 spiro atoms. The van der Waals surface area contributed by atoms with Gasteiger partial charge in [-0.15, -0.1) is 0 Å². The number of hydrogen-bond donors (Lipinski definition) is 2. The highest BCUT2D eigenvalue weighted by molar-refractivity contribution is 7.89. The maximum atomic E-state index is 12.4. The molecule has 1 fully saturated rings. The van der Waals surface area contributed by atoms with Crippen LogP contribution in [0.1, 0.15) is 6.42 Å². The molecule has 2 heterocycles. The van der Waals surface area contributed by atoms with E-state index < -0.39 is 28.1 Å². The molecule has 1 aliphatic rings. The number of hydrogen-bond acceptors (Lipinski definition) is 5. The van der Waals surface area contributed by atoms with Crippen LogP contribution in [-0.2, 0) is 14.8 Å². The quantitative estimate of drug-likeness (QED) is 0.752. The Balaban J connectivity index is 2.43. The minimum atomic E-state index is -4.04. The number of sulfonamides is 1. The van der Waals surface area contributed by atoms with Gasteiger partial charge in [-0.3, -0.25) is 4.79 Å². The molecule has 0 aliphatic carbocycles. The number of carbonyl (C=O) groups excluding carboxylic acids is 1. The first-order chi connectivity index (χ1) is 9.23. The van der Waals surface area contributed by atoms with Crippen molar-refractivity contribution in [1.29, 1.82) is 0 Å². The van der Waals surface area contributed by atoms with E-state index in [2.05, 4.69) is 4.98 Å². The number of halogens is 2. The molecule has 1 aliphatic heterocycles. The molecule has 2 unspecified atom stereocenters. The number of nitrogens with two attached hydrogens (primary N) is 1. The van der Waals surface area contributed by atoms with E-state index in [1.165, 1.54) is 0 Å². The minimum Gasteiger partial charge on any atom is -0.392 e. The van der Waals surface area contributed by atoms with Crippen molar-refractivity contribution >= 4 is 39.1 Å². The lowest BCUT2D eigenvalue weighted by Crippen LogP contribution is -2.43. The molecule has 1 amide bonds. The first-order valence-electron chi connectivity index (χ1n) is 5.53. The molecule has 0 radical (unpaired) electrons. The second-order valence-electron chi connectivity index (χ2n) is 4.33. The number of amides is 1. The molecule has 0 bridgehead atoms. The highest BCUT2D eigenvalue weighted by Gasteiger charge is 2.42. The summed E-state index contributed by atoms with van der Waals surface area (Å²) >= 11 is 11.4. The number of primary amides is 1. The SMILES string of the molecule is NC(=O)C1CC(O)CN1S(=O)(=O)c1cnc(Cl)c(Cl)c1. The van der Waals surface area contributed by atoms with Crippen molar-refractivity contribution in [2.45, 2.75) is 23.5 Å². The van der Waals surface area contributed by atoms with Crippen LogP contribution in [0.4, 0.5) is 0 Å². The van der Waals surface area contributed by atoms with Crippen LogP contribution in [0.2, 0.25) is 10.2 Å². The van der Waals surface area contributed by atoms with Crippen LogP contribution < -0.4 is 5.73 Å². The highest BCUT2D eigenvalue weighted by Crippen LogP contribution is 2.29. The third-order valence-electron chi connectivity index (χ3n) is 2.94. The summed E-state index contributed by atoms with van der Waals surface area (Å²) in [6.45, 7) is -0.212. The van der Waals surface area contributed by atoms with E-state index in [0.717, 1.165) is 16.6 Å². The number of carbonyl (C=O) groups is 1. The topological polar surface area (TPSA) is 114 Å². The summed E-state index contributed by atoms with van der Waals surface area (Å²) in [7, 11) is -4.04. The summed E-state index contributed by atoms with van der Waals surface area (Å²) in [6.07, 6.45) is 0.0494. The summed E-state index contributed by atoms with van der Waals surface area (Å²) in [5.41, 5.74) is 5.16. The lowest BCUT2D eigenvalue weighted by Gasteiger charge is -2.21. The minimum absolute atomic E-state index is 0.0249. The Morgan fingerprint density at radius 2 is 2.15 bits per heavy atom. The molecular formula is C10H11Cl2N3O4S. The highest BCUT2D eigenvalue weighted by atomic mass is 35.5. The van der Waals surface area contributed by atoms with Gasteiger partial charge in [-0.1, -0.05) is 23.2 Å². The molecule has 1 aromatic heterocycles. The Kier molecular flexibility index (Phi) is 4.22. The summed E-state index contributed by atoms with van der Waals surface area (Å²) in [5.74, 6) is -0.821. The van der Waals surface area contributed by atoms with Crippen LogP contribution in [-0.4, -0.2) is 47.4 Å². The van der Waals surface area contributed by atoms with Gasteiger partial charge in [0.25, 0.3) is 0 Å². The maximum absolute atomic E-state index is 12.4. The fraction of sp³-hybridized carbons (Fsp3) is 0.400. The van der Waals surface area contributed by atoms with Crippen LogP contribution in [0.5, 0.6) is 0 Å². The van der Waals surface area contributed by atoms with Crippen molar-refractivity contribution in [2.75, 3.05) is 6.54 Å². The van der Waals surface area contributed by atoms with Gasteiger partial charge < -0.3 is 10.8 Å². The van der Waals surface area contributed by atoms with Crippen molar-refractivity contribution in [3.63, 3.8) is 0 Å². The summed E-state index contributed by atoms with van der Waals surface area (Å²) in [5, 5.41) is 9.50. The second-order valence-corrected chi connectivity index (χ2v) is 6.98. The molecule has 0 saturated carbocycles. The predicted octanol–water partition coefficient (Wildman–Crippen LogP) is -0.00240. The number of aliphatic hydroxyl groups excluding tert-OH is 1. The van der Waals surface area contributed by atoms with E-state index in [-0.39, 0.29) is 28.0 Å². The molecule has 1 saturated heterocycles. The number of nitrogens with zero attached hydrogens (tertiary/aromatic N) is 2. The molecule has 110 valence electrons. The zero-order valence-electron chi connectivity index (χ0n) is 10.0. The molecular weight excluding hydrogens is 329 g/mol. The molecule has 0 aromatic carbocycles. The maximum Gasteiger partial charge on any atom is 0.245 e. The fourth-order valence-corrected chi connectivity index (χ4v) is 3.94. The van der Waals surface area contributed by atoms with Gasteiger partial charge in [0.15, 0.2) is 0 Å². The Labute approximate surface area is 125 Å². The fourth-order valence-electron chi connectivity index (χ4n) is 1.99. The molecule has 1 aromatic rings. The number of pyridine rings is 1. The monoisotopic (exact) mass is 339 g/mol. The van der Waals surface area contributed by atoms with Gasteiger partial charge in [0, 0.05) is 19.2 Å². The van der Waals surface area contributed by atoms with Gasteiger partial charge in [-0.25, -0.2) is 13.4 Å². The predicted molar refractivity (Wildman–Crippen MR) is 71.8 cm³/mol. The van der Waals surface area contributed by atoms with Crippen LogP contribution in [0, 0.1) is 0 Å². The van der Waals surface area contributed by atoms with Crippen molar-refractivity contribution < 1.29 is 18.3 Å². The van der Waals surface area contributed by atoms with Gasteiger partial charge in [-0.2, -0.15) is 4.31 Å². The number of aromatic nitrogens is 1. The third-order valence-corrected chi connectivity index (χ3v) is 5.47. The van der Waals surface area contributed by atoms with E-state index in [9.17, 15) is 18.3 Å². The van der Waals surface area contributed by atoms with Gasteiger partial charge >= 0.3 is 0 Å². The smallest absolute Gasteiger partial charge is 0.245 e. The van der Waals surface area contributed by atoms with Gasteiger partial charge in [0.2, 0.25) is 15.9 Å². The zero-order valence-corrected chi connectivity index (χ0v) is 12.4. The number of β-amino-alcohol motifs (C(OH)–C–C–N with tert-alkyl or cyclic N) is 1. The Morgan fingerprint density at radius 3 is 2.70 bits per heavy atom. The van der Waals surface area contributed by atoms with E-state index >= 15 is 0 Å². The van der Waals surface area contributed by atoms with Crippen molar-refractivity contribution in [1.82, 2.24) is 9.29 Å². The zero-order chi connectivity index (χ0) is 15.1. The lowest BCUT2D eigenvalue weighted by atomic mass is 10.2. The van der Waals surface area contributed by atoms with Crippen LogP contribution >= 0.6 is 23.2 Å². The van der Waals surface area contributed by atoms with E-state index in [0.29, 0.717) is 0 Å². The normalized spacial score (nSPS) is 23.9. The number of aliphatic hydroxyl groups is 1. The number of rotatable bonds is 3. The molecule has 3 N–H and O–H groups in total. The largest absolute Gasteiger partial charge is 0.392 e. The molecule has 7 nitrogen and oxygen atoms in total. The second kappa shape index (κ2) is 5.45. The molecule has 2 atom stereocenters. The Bertz CT molecular complexity index is 652. The van der Waals surface area contributed by atoms with Crippen molar-refractivity contribution in [2.24, 2.45) is 5.73 Å². The first-order valence-corrected chi connectivity index (χ1v) is 7.73. The summed E-state index contributed by atoms with van der Waals surface area (Å²) in [4.78, 5) is 14.7. The molecule has 20 heavy (non-hydrogen) atoms. The van der Waals surface area contributed by atoms with Gasteiger partial charge in [-0.05, 0) is 6.07 Å². The van der Waals surface area contributed by atoms with E-state index in [1.54, 1.807) is 0 Å². The molecule has 10 heteroatoms.